The van der Waals surface area contributed by atoms with Gasteiger partial charge in [-0.05, 0) is 12.1 Å². The number of hydrogen-bond acceptors (Lipinski definition) is 4. The normalized spacial score (nSPS) is 11.6. The van der Waals surface area contributed by atoms with Crippen LogP contribution in [-0.2, 0) is 12.7 Å². The van der Waals surface area contributed by atoms with Gasteiger partial charge < -0.3 is 5.11 Å². The number of carboxylic acids is 1. The van der Waals surface area contributed by atoms with Crippen LogP contribution in [0.25, 0.3) is 10.6 Å². The lowest BCUT2D eigenvalue weighted by Crippen LogP contribution is -2.04. The van der Waals surface area contributed by atoms with Crippen LogP contribution in [0.3, 0.4) is 0 Å². The fraction of sp³-hybridized carbons (Fsp3) is 0.133. The van der Waals surface area contributed by atoms with Gasteiger partial charge in [0.05, 0.1) is 29.6 Å². The highest BCUT2D eigenvalue weighted by Gasteiger charge is 2.30. The topological polar surface area (TPSA) is 68.0 Å². The maximum absolute atomic E-state index is 12.8. The predicted molar refractivity (Wildman–Crippen MR) is 80.8 cm³/mol. The average Bonchev–Trinajstić information content (AvgIpc) is 3.16. The highest BCUT2D eigenvalue weighted by Crippen LogP contribution is 2.33. The van der Waals surface area contributed by atoms with E-state index in [1.807, 2.05) is 0 Å². The minimum Gasteiger partial charge on any atom is -0.478 e. The van der Waals surface area contributed by atoms with Crippen molar-refractivity contribution in [3.05, 3.63) is 58.9 Å². The Hall–Kier alpha value is -2.68. The molecule has 0 fully saturated rings. The van der Waals surface area contributed by atoms with E-state index in [0.29, 0.717) is 16.3 Å². The Kier molecular flexibility index (Phi) is 4.10. The van der Waals surface area contributed by atoms with E-state index < -0.39 is 17.7 Å². The third-order valence-corrected chi connectivity index (χ3v) is 4.13. The number of aromatic nitrogens is 3. The fourth-order valence-electron chi connectivity index (χ4n) is 2.07. The molecule has 2 aromatic heterocycles. The molecule has 24 heavy (non-hydrogen) atoms. The molecule has 0 aliphatic heterocycles. The van der Waals surface area contributed by atoms with Gasteiger partial charge >= 0.3 is 12.1 Å². The second-order valence-electron chi connectivity index (χ2n) is 4.95. The second kappa shape index (κ2) is 6.08. The molecule has 0 unspecified atom stereocenters. The summed E-state index contributed by atoms with van der Waals surface area (Å²) in [7, 11) is 0. The van der Waals surface area contributed by atoms with Crippen LogP contribution < -0.4 is 0 Å². The zero-order chi connectivity index (χ0) is 17.3. The number of thiazole rings is 1. The maximum Gasteiger partial charge on any atom is 0.416 e. The standard InChI is InChI=1S/C15H10F3N3O2S/c16-15(17,18)11-3-1-2-9(4-11)13-20-12(8-24-13)7-21-6-10(5-19-21)14(22)23/h1-6,8H,7H2,(H,22,23). The average molecular weight is 353 g/mol. The second-order valence-corrected chi connectivity index (χ2v) is 5.81. The van der Waals surface area contributed by atoms with Gasteiger partial charge in [0.2, 0.25) is 0 Å². The molecule has 0 spiro atoms. The molecule has 0 radical (unpaired) electrons. The minimum absolute atomic E-state index is 0.0586. The van der Waals surface area contributed by atoms with E-state index in [9.17, 15) is 18.0 Å². The zero-order valence-corrected chi connectivity index (χ0v) is 12.8. The van der Waals surface area contributed by atoms with Gasteiger partial charge in [0.15, 0.2) is 0 Å². The first kappa shape index (κ1) is 16.2. The van der Waals surface area contributed by atoms with E-state index in [-0.39, 0.29) is 12.1 Å². The van der Waals surface area contributed by atoms with Crippen molar-refractivity contribution >= 4 is 17.3 Å². The van der Waals surface area contributed by atoms with Gasteiger partial charge in [0.1, 0.15) is 5.01 Å². The summed E-state index contributed by atoms with van der Waals surface area (Å²) < 4.78 is 39.7. The number of halogens is 3. The monoisotopic (exact) mass is 353 g/mol. The van der Waals surface area contributed by atoms with Crippen LogP contribution in [0.4, 0.5) is 13.2 Å². The Labute approximate surface area is 138 Å². The Morgan fingerprint density at radius 3 is 2.79 bits per heavy atom. The molecule has 3 aromatic rings. The minimum atomic E-state index is -4.40. The number of carbonyl (C=O) groups is 1. The van der Waals surface area contributed by atoms with Gasteiger partial charge in [-0.25, -0.2) is 9.78 Å². The van der Waals surface area contributed by atoms with E-state index in [1.165, 1.54) is 34.5 Å². The van der Waals surface area contributed by atoms with Gasteiger partial charge in [0.25, 0.3) is 0 Å². The summed E-state index contributed by atoms with van der Waals surface area (Å²) in [4.78, 5) is 15.1. The van der Waals surface area contributed by atoms with Crippen LogP contribution in [0.1, 0.15) is 21.6 Å². The van der Waals surface area contributed by atoms with Crippen LogP contribution >= 0.6 is 11.3 Å². The smallest absolute Gasteiger partial charge is 0.416 e. The fourth-order valence-corrected chi connectivity index (χ4v) is 2.88. The van der Waals surface area contributed by atoms with Crippen molar-refractivity contribution in [3.63, 3.8) is 0 Å². The molecule has 0 saturated carbocycles. The van der Waals surface area contributed by atoms with Gasteiger partial charge in [-0.2, -0.15) is 18.3 Å². The van der Waals surface area contributed by atoms with Crippen LogP contribution in [-0.4, -0.2) is 25.8 Å². The van der Waals surface area contributed by atoms with Gasteiger partial charge in [0, 0.05) is 17.1 Å². The van der Waals surface area contributed by atoms with E-state index in [1.54, 1.807) is 11.4 Å². The zero-order valence-electron chi connectivity index (χ0n) is 12.0. The quantitative estimate of drug-likeness (QED) is 0.775. The molecule has 124 valence electrons. The molecule has 1 aromatic carbocycles. The lowest BCUT2D eigenvalue weighted by atomic mass is 10.1. The van der Waals surface area contributed by atoms with E-state index >= 15 is 0 Å². The molecule has 0 aliphatic carbocycles. The first-order chi connectivity index (χ1) is 11.3. The lowest BCUT2D eigenvalue weighted by Gasteiger charge is -2.07. The number of alkyl halides is 3. The Bertz CT molecular complexity index is 886. The van der Waals surface area contributed by atoms with Crippen molar-refractivity contribution < 1.29 is 23.1 Å². The van der Waals surface area contributed by atoms with Crippen molar-refractivity contribution in [1.29, 1.82) is 0 Å². The molecule has 0 saturated heterocycles. The largest absolute Gasteiger partial charge is 0.478 e. The van der Waals surface area contributed by atoms with Crippen LogP contribution in [0.2, 0.25) is 0 Å². The Balaban J connectivity index is 1.81. The number of carboxylic acid groups (broad SMARTS) is 1. The van der Waals surface area contributed by atoms with E-state index in [2.05, 4.69) is 10.1 Å². The molecule has 0 atom stereocenters. The summed E-state index contributed by atoms with van der Waals surface area (Å²) in [5, 5.41) is 14.9. The molecule has 0 bridgehead atoms. The van der Waals surface area contributed by atoms with Gasteiger partial charge in [-0.1, -0.05) is 12.1 Å². The van der Waals surface area contributed by atoms with Crippen LogP contribution in [0, 0.1) is 0 Å². The van der Waals surface area contributed by atoms with E-state index in [4.69, 9.17) is 5.11 Å². The van der Waals surface area contributed by atoms with Crippen molar-refractivity contribution in [3.8, 4) is 10.6 Å². The van der Waals surface area contributed by atoms with Gasteiger partial charge in [-0.3, -0.25) is 4.68 Å². The number of benzene rings is 1. The highest BCUT2D eigenvalue weighted by atomic mass is 32.1. The van der Waals surface area contributed by atoms with Crippen molar-refractivity contribution in [2.75, 3.05) is 0 Å². The SMILES string of the molecule is O=C(O)c1cnn(Cc2csc(-c3cccc(C(F)(F)F)c3)n2)c1. The number of nitrogens with zero attached hydrogens (tertiary/aromatic N) is 3. The predicted octanol–water partition coefficient (Wildman–Crippen LogP) is 3.77. The van der Waals surface area contributed by atoms with Crippen molar-refractivity contribution in [2.24, 2.45) is 0 Å². The molecule has 9 heteroatoms. The summed E-state index contributed by atoms with van der Waals surface area (Å²) >= 11 is 1.22. The number of aromatic carboxylic acids is 1. The van der Waals surface area contributed by atoms with Crippen molar-refractivity contribution in [2.45, 2.75) is 12.7 Å². The van der Waals surface area contributed by atoms with Gasteiger partial charge in [-0.15, -0.1) is 11.3 Å². The summed E-state index contributed by atoms with van der Waals surface area (Å²) in [5.41, 5.74) is 0.304. The molecule has 0 amide bonds. The third kappa shape index (κ3) is 3.46. The molecule has 3 rings (SSSR count). The first-order valence-corrected chi connectivity index (χ1v) is 7.58. The summed E-state index contributed by atoms with van der Waals surface area (Å²) in [5.74, 6) is -1.08. The maximum atomic E-state index is 12.8. The number of hydrogen-bond donors (Lipinski definition) is 1. The molecular formula is C15H10F3N3O2S. The number of rotatable bonds is 4. The lowest BCUT2D eigenvalue weighted by molar-refractivity contribution is -0.137. The summed E-state index contributed by atoms with van der Waals surface area (Å²) in [6, 6.07) is 4.97. The summed E-state index contributed by atoms with van der Waals surface area (Å²) in [6.07, 6.45) is -1.81. The molecule has 1 N–H and O–H groups in total. The molecular weight excluding hydrogens is 343 g/mol. The molecule has 2 heterocycles. The molecule has 0 aliphatic rings. The Morgan fingerprint density at radius 2 is 2.12 bits per heavy atom. The highest BCUT2D eigenvalue weighted by molar-refractivity contribution is 7.13. The first-order valence-electron chi connectivity index (χ1n) is 6.71. The van der Waals surface area contributed by atoms with Crippen molar-refractivity contribution in [1.82, 2.24) is 14.8 Å². The third-order valence-electron chi connectivity index (χ3n) is 3.19. The summed E-state index contributed by atoms with van der Waals surface area (Å²) in [6.45, 7) is 0.239. The Morgan fingerprint density at radius 1 is 1.33 bits per heavy atom. The molecule has 5 nitrogen and oxygen atoms in total. The van der Waals surface area contributed by atoms with Crippen LogP contribution in [0.15, 0.2) is 42.0 Å². The van der Waals surface area contributed by atoms with E-state index in [0.717, 1.165) is 12.1 Å². The van der Waals surface area contributed by atoms with Crippen LogP contribution in [0.5, 0.6) is 0 Å².